The minimum atomic E-state index is -0.324. The predicted octanol–water partition coefficient (Wildman–Crippen LogP) is 2.94. The van der Waals surface area contributed by atoms with Gasteiger partial charge in [0, 0.05) is 7.05 Å². The van der Waals surface area contributed by atoms with Crippen molar-refractivity contribution in [2.45, 2.75) is 0 Å². The van der Waals surface area contributed by atoms with Gasteiger partial charge in [0.25, 0.3) is 0 Å². The van der Waals surface area contributed by atoms with E-state index in [1.54, 1.807) is 35.0 Å². The smallest absolute Gasteiger partial charge is 0.246 e. The number of carbonyl (C=O) groups is 1. The van der Waals surface area contributed by atoms with Crippen LogP contribution in [0.15, 0.2) is 48.5 Å². The van der Waals surface area contributed by atoms with Crippen LogP contribution in [0, 0.1) is 5.82 Å². The van der Waals surface area contributed by atoms with Crippen LogP contribution in [-0.2, 0) is 4.79 Å². The van der Waals surface area contributed by atoms with Gasteiger partial charge in [0.15, 0.2) is 0 Å². The van der Waals surface area contributed by atoms with E-state index in [2.05, 4.69) is 0 Å². The number of carbonyl (C=O) groups excluding carboxylic acids is 1. The molecular weight excluding hydrogens is 243 g/mol. The Hall–Kier alpha value is -2.36. The van der Waals surface area contributed by atoms with Gasteiger partial charge in [0.05, 0.1) is 17.1 Å². The minimum absolute atomic E-state index is 0.0537. The van der Waals surface area contributed by atoms with Gasteiger partial charge in [-0.15, -0.1) is 0 Å². The predicted molar refractivity (Wildman–Crippen MR) is 73.3 cm³/mol. The number of anilines is 3. The van der Waals surface area contributed by atoms with E-state index < -0.39 is 0 Å². The molecule has 19 heavy (non-hydrogen) atoms. The molecule has 0 saturated heterocycles. The SMILES string of the molecule is CN1C(=O)CN(c2ccccc2F)c2ccccc21. The summed E-state index contributed by atoms with van der Waals surface area (Å²) in [6.07, 6.45) is 0. The van der Waals surface area contributed by atoms with Crippen molar-refractivity contribution in [1.29, 1.82) is 0 Å². The molecule has 2 aromatic carbocycles. The van der Waals surface area contributed by atoms with E-state index in [1.807, 2.05) is 24.3 Å². The lowest BCUT2D eigenvalue weighted by Gasteiger charge is -2.35. The first-order chi connectivity index (χ1) is 9.18. The van der Waals surface area contributed by atoms with E-state index in [4.69, 9.17) is 0 Å². The lowest BCUT2D eigenvalue weighted by Crippen LogP contribution is -2.41. The molecule has 1 aliphatic heterocycles. The Morgan fingerprint density at radius 2 is 1.53 bits per heavy atom. The monoisotopic (exact) mass is 256 g/mol. The van der Waals surface area contributed by atoms with Gasteiger partial charge in [0.2, 0.25) is 5.91 Å². The fourth-order valence-electron chi connectivity index (χ4n) is 2.32. The summed E-state index contributed by atoms with van der Waals surface area (Å²) in [6.45, 7) is 0.147. The third-order valence-electron chi connectivity index (χ3n) is 3.34. The van der Waals surface area contributed by atoms with Crippen LogP contribution in [0.4, 0.5) is 21.5 Å². The molecule has 0 aliphatic carbocycles. The van der Waals surface area contributed by atoms with Crippen molar-refractivity contribution in [2.24, 2.45) is 0 Å². The lowest BCUT2D eigenvalue weighted by molar-refractivity contribution is -0.117. The van der Waals surface area contributed by atoms with Crippen LogP contribution in [0.1, 0.15) is 0 Å². The standard InChI is InChI=1S/C15H13FN2O/c1-17-13-8-4-5-9-14(13)18(10-15(17)19)12-7-3-2-6-11(12)16/h2-9H,10H2,1H3. The van der Waals surface area contributed by atoms with E-state index in [1.165, 1.54) is 6.07 Å². The summed E-state index contributed by atoms with van der Waals surface area (Å²) < 4.78 is 13.9. The van der Waals surface area contributed by atoms with Crippen molar-refractivity contribution in [2.75, 3.05) is 23.4 Å². The van der Waals surface area contributed by atoms with Crippen molar-refractivity contribution >= 4 is 23.0 Å². The molecule has 2 aromatic rings. The molecule has 4 heteroatoms. The third kappa shape index (κ3) is 1.85. The van der Waals surface area contributed by atoms with Crippen molar-refractivity contribution in [3.63, 3.8) is 0 Å². The summed E-state index contributed by atoms with van der Waals surface area (Å²) >= 11 is 0. The van der Waals surface area contributed by atoms with Crippen LogP contribution in [-0.4, -0.2) is 19.5 Å². The fourth-order valence-corrected chi connectivity index (χ4v) is 2.32. The summed E-state index contributed by atoms with van der Waals surface area (Å²) in [4.78, 5) is 15.3. The van der Waals surface area contributed by atoms with E-state index in [9.17, 15) is 9.18 Å². The number of hydrogen-bond donors (Lipinski definition) is 0. The average molecular weight is 256 g/mol. The van der Waals surface area contributed by atoms with E-state index in [-0.39, 0.29) is 18.3 Å². The second-order valence-electron chi connectivity index (χ2n) is 4.48. The number of benzene rings is 2. The highest BCUT2D eigenvalue weighted by Gasteiger charge is 2.28. The largest absolute Gasteiger partial charge is 0.328 e. The van der Waals surface area contributed by atoms with Gasteiger partial charge >= 0.3 is 0 Å². The molecule has 3 nitrogen and oxygen atoms in total. The fraction of sp³-hybridized carbons (Fsp3) is 0.133. The van der Waals surface area contributed by atoms with Gasteiger partial charge < -0.3 is 9.80 Å². The lowest BCUT2D eigenvalue weighted by atomic mass is 10.1. The van der Waals surface area contributed by atoms with Gasteiger partial charge in [-0.1, -0.05) is 24.3 Å². The van der Waals surface area contributed by atoms with Crippen molar-refractivity contribution in [1.82, 2.24) is 0 Å². The van der Waals surface area contributed by atoms with Crippen molar-refractivity contribution < 1.29 is 9.18 Å². The molecule has 3 rings (SSSR count). The Kier molecular flexibility index (Phi) is 2.71. The highest BCUT2D eigenvalue weighted by atomic mass is 19.1. The van der Waals surface area contributed by atoms with Crippen LogP contribution in [0.3, 0.4) is 0 Å². The van der Waals surface area contributed by atoms with Crippen molar-refractivity contribution in [3.05, 3.63) is 54.3 Å². The number of fused-ring (bicyclic) bond motifs is 1. The van der Waals surface area contributed by atoms with Gasteiger partial charge in [-0.25, -0.2) is 4.39 Å². The van der Waals surface area contributed by atoms with Crippen LogP contribution < -0.4 is 9.80 Å². The number of hydrogen-bond acceptors (Lipinski definition) is 2. The van der Waals surface area contributed by atoms with Crippen LogP contribution in [0.25, 0.3) is 0 Å². The average Bonchev–Trinajstić information content (AvgIpc) is 2.44. The zero-order valence-corrected chi connectivity index (χ0v) is 10.5. The first-order valence-corrected chi connectivity index (χ1v) is 6.06. The summed E-state index contributed by atoms with van der Waals surface area (Å²) in [6, 6.07) is 14.0. The molecule has 0 aromatic heterocycles. The maximum absolute atomic E-state index is 13.9. The molecule has 1 aliphatic rings. The normalized spacial score (nSPS) is 14.5. The number of rotatable bonds is 1. The van der Waals surface area contributed by atoms with Crippen LogP contribution in [0.5, 0.6) is 0 Å². The van der Waals surface area contributed by atoms with E-state index >= 15 is 0 Å². The molecule has 0 radical (unpaired) electrons. The number of amides is 1. The molecular formula is C15H13FN2O. The Morgan fingerprint density at radius 1 is 0.947 bits per heavy atom. The van der Waals surface area contributed by atoms with Crippen LogP contribution in [0.2, 0.25) is 0 Å². The first kappa shape index (κ1) is 11.7. The second kappa shape index (κ2) is 4.39. The molecule has 1 heterocycles. The maximum atomic E-state index is 13.9. The molecule has 0 saturated carbocycles. The Balaban J connectivity index is 2.16. The summed E-state index contributed by atoms with van der Waals surface area (Å²) in [5.74, 6) is -0.378. The molecule has 0 bridgehead atoms. The molecule has 0 unspecified atom stereocenters. The number of para-hydroxylation sites is 3. The third-order valence-corrected chi connectivity index (χ3v) is 3.34. The molecule has 0 spiro atoms. The zero-order chi connectivity index (χ0) is 13.4. The van der Waals surface area contributed by atoms with E-state index in [0.29, 0.717) is 5.69 Å². The summed E-state index contributed by atoms with van der Waals surface area (Å²) in [7, 11) is 1.74. The highest BCUT2D eigenvalue weighted by Crippen LogP contribution is 2.37. The molecule has 0 N–H and O–H groups in total. The Morgan fingerprint density at radius 3 is 2.21 bits per heavy atom. The second-order valence-corrected chi connectivity index (χ2v) is 4.48. The molecule has 96 valence electrons. The molecule has 1 amide bonds. The minimum Gasteiger partial charge on any atom is -0.328 e. The Bertz CT molecular complexity index is 642. The highest BCUT2D eigenvalue weighted by molar-refractivity contribution is 6.04. The summed E-state index contributed by atoms with van der Waals surface area (Å²) in [5, 5.41) is 0. The number of likely N-dealkylation sites (N-methyl/N-ethyl adjacent to an activating group) is 1. The van der Waals surface area contributed by atoms with Gasteiger partial charge in [-0.3, -0.25) is 4.79 Å². The van der Waals surface area contributed by atoms with Gasteiger partial charge in [-0.05, 0) is 24.3 Å². The number of halogens is 1. The van der Waals surface area contributed by atoms with Gasteiger partial charge in [0.1, 0.15) is 12.4 Å². The Labute approximate surface area is 110 Å². The first-order valence-electron chi connectivity index (χ1n) is 6.06. The van der Waals surface area contributed by atoms with E-state index in [0.717, 1.165) is 11.4 Å². The summed E-state index contributed by atoms with van der Waals surface area (Å²) in [5.41, 5.74) is 2.06. The quantitative estimate of drug-likeness (QED) is 0.783. The van der Waals surface area contributed by atoms with Gasteiger partial charge in [-0.2, -0.15) is 0 Å². The van der Waals surface area contributed by atoms with Crippen molar-refractivity contribution in [3.8, 4) is 0 Å². The maximum Gasteiger partial charge on any atom is 0.246 e. The zero-order valence-electron chi connectivity index (χ0n) is 10.5. The van der Waals surface area contributed by atoms with Crippen LogP contribution >= 0.6 is 0 Å². The topological polar surface area (TPSA) is 23.6 Å². The number of nitrogens with zero attached hydrogens (tertiary/aromatic N) is 2. The molecule has 0 atom stereocenters. The molecule has 0 fully saturated rings.